The van der Waals surface area contributed by atoms with Gasteiger partial charge < -0.3 is 49.6 Å². The molecule has 2 heterocycles. The van der Waals surface area contributed by atoms with E-state index in [1.54, 1.807) is 0 Å². The van der Waals surface area contributed by atoms with E-state index in [0.29, 0.717) is 41.4 Å². The van der Waals surface area contributed by atoms with Gasteiger partial charge in [-0.3, -0.25) is 0 Å². The average Bonchev–Trinajstić information content (AvgIpc) is 3.57. The zero-order valence-corrected chi connectivity index (χ0v) is 32.4. The van der Waals surface area contributed by atoms with E-state index < -0.39 is 67.9 Å². The first kappa shape index (κ1) is 39.1. The van der Waals surface area contributed by atoms with Gasteiger partial charge in [0.2, 0.25) is 0 Å². The first-order valence-corrected chi connectivity index (χ1v) is 20.1. The molecule has 2 aliphatic heterocycles. The summed E-state index contributed by atoms with van der Waals surface area (Å²) < 4.78 is 23.4. The number of carboxylic acids is 1. The predicted molar refractivity (Wildman–Crippen MR) is 190 cm³/mol. The van der Waals surface area contributed by atoms with E-state index in [9.17, 15) is 35.4 Å². The number of carbonyl (C=O) groups is 1. The molecular formula is C41H66O11. The van der Waals surface area contributed by atoms with E-state index in [1.807, 2.05) is 0 Å². The van der Waals surface area contributed by atoms with Crippen LogP contribution in [0.25, 0.3) is 0 Å². The second-order valence-corrected chi connectivity index (χ2v) is 19.9. The topological polar surface area (TPSA) is 175 Å². The van der Waals surface area contributed by atoms with Gasteiger partial charge in [0.25, 0.3) is 0 Å². The molecule has 6 N–H and O–H groups in total. The summed E-state index contributed by atoms with van der Waals surface area (Å²) in [6.07, 6.45) is -2.78. The second kappa shape index (κ2) is 13.2. The monoisotopic (exact) mass is 734 g/mol. The van der Waals surface area contributed by atoms with Gasteiger partial charge in [-0.1, -0.05) is 53.7 Å². The molecular weight excluding hydrogens is 668 g/mol. The van der Waals surface area contributed by atoms with Crippen LogP contribution in [0.15, 0.2) is 12.2 Å². The van der Waals surface area contributed by atoms with Crippen molar-refractivity contribution >= 4 is 5.97 Å². The minimum atomic E-state index is -1.76. The Bertz CT molecular complexity index is 1390. The SMILES string of the molecule is C=C(C)[C@@H]1CC[C@]2(C)CC[C@@]3(C)[C@H](CC[C@@H]4[C@]5(C)CC[C@H](O[C@H]6O[C@@H](C(=O)O)[C@H](O[C@H]7O[C@@H](CO)[C@@H](O)[C@@H]7O)[C@@H](O)[C@@H]6O)C(C)(C)[C@H]5CC[C@@]43C)[C@H]12. The Morgan fingerprint density at radius 3 is 2.06 bits per heavy atom. The Hall–Kier alpha value is -1.15. The number of allylic oxidation sites excluding steroid dienone is 1. The Morgan fingerprint density at radius 1 is 0.750 bits per heavy atom. The minimum Gasteiger partial charge on any atom is -0.479 e. The van der Waals surface area contributed by atoms with Gasteiger partial charge in [0.05, 0.1) is 12.7 Å². The van der Waals surface area contributed by atoms with Gasteiger partial charge in [-0.05, 0) is 128 Å². The molecule has 0 amide bonds. The number of ether oxygens (including phenoxy) is 4. The van der Waals surface area contributed by atoms with Gasteiger partial charge in [0.15, 0.2) is 18.7 Å². The molecule has 296 valence electrons. The van der Waals surface area contributed by atoms with Gasteiger partial charge in [-0.15, -0.1) is 0 Å². The van der Waals surface area contributed by atoms with Gasteiger partial charge in [-0.2, -0.15) is 0 Å². The number of fused-ring (bicyclic) bond motifs is 7. The van der Waals surface area contributed by atoms with E-state index in [4.69, 9.17) is 18.9 Å². The molecule has 19 atom stereocenters. The van der Waals surface area contributed by atoms with Gasteiger partial charge in [-0.25, -0.2) is 4.79 Å². The van der Waals surface area contributed by atoms with Crippen LogP contribution in [0.5, 0.6) is 0 Å². The molecule has 2 saturated heterocycles. The number of hydrogen-bond donors (Lipinski definition) is 6. The maximum absolute atomic E-state index is 12.4. The standard InChI is InChI=1S/C41H66O11/c1-20(2)21-11-14-38(5)17-18-40(7)22(27(21)38)9-10-25-39(6)15-13-26(37(3,4)24(39)12-16-41(25,40)8)50-36-31(46)29(44)32(33(52-36)34(47)48)51-35-30(45)28(43)23(19-42)49-35/h21-33,35-36,42-46H,1,9-19H2,2-8H3,(H,47,48)/t21-,22+,23-,24+,25+,26-,27-,28+,29-,30-,31-,32+,33+,35+,36-,38+,39+,40-,41-/m0/s1. The summed E-state index contributed by atoms with van der Waals surface area (Å²) in [5.41, 5.74) is 2.02. The quantitative estimate of drug-likeness (QED) is 0.162. The molecule has 5 aliphatic carbocycles. The summed E-state index contributed by atoms with van der Waals surface area (Å²) in [5, 5.41) is 62.5. The normalized spacial score (nSPS) is 55.5. The van der Waals surface area contributed by atoms with Crippen molar-refractivity contribution in [1.82, 2.24) is 0 Å². The van der Waals surface area contributed by atoms with Gasteiger partial charge in [0.1, 0.15) is 36.6 Å². The van der Waals surface area contributed by atoms with Crippen molar-refractivity contribution in [2.24, 2.45) is 56.7 Å². The van der Waals surface area contributed by atoms with Crippen LogP contribution < -0.4 is 0 Å². The third kappa shape index (κ3) is 5.56. The van der Waals surface area contributed by atoms with Crippen LogP contribution in [0.3, 0.4) is 0 Å². The fraction of sp³-hybridized carbons (Fsp3) is 0.927. The lowest BCUT2D eigenvalue weighted by Gasteiger charge is -2.73. The number of hydrogen-bond acceptors (Lipinski definition) is 10. The molecule has 0 unspecified atom stereocenters. The predicted octanol–water partition coefficient (Wildman–Crippen LogP) is 4.40. The fourth-order valence-corrected chi connectivity index (χ4v) is 14.3. The molecule has 11 nitrogen and oxygen atoms in total. The maximum atomic E-state index is 12.4. The Balaban J connectivity index is 1.08. The lowest BCUT2D eigenvalue weighted by molar-refractivity contribution is -0.343. The highest BCUT2D eigenvalue weighted by Crippen LogP contribution is 2.77. The average molecular weight is 735 g/mol. The van der Waals surface area contributed by atoms with Crippen LogP contribution in [0.1, 0.15) is 113 Å². The lowest BCUT2D eigenvalue weighted by atomic mass is 9.32. The Labute approximate surface area is 309 Å². The van der Waals surface area contributed by atoms with Crippen molar-refractivity contribution in [3.8, 4) is 0 Å². The number of carboxylic acid groups (broad SMARTS) is 1. The molecule has 0 aromatic heterocycles. The van der Waals surface area contributed by atoms with E-state index >= 15 is 0 Å². The van der Waals surface area contributed by atoms with Crippen LogP contribution in [0.2, 0.25) is 0 Å². The van der Waals surface area contributed by atoms with E-state index in [0.717, 1.165) is 19.3 Å². The maximum Gasteiger partial charge on any atom is 0.335 e. The molecule has 5 saturated carbocycles. The number of rotatable bonds is 7. The third-order valence-corrected chi connectivity index (χ3v) is 17.3. The van der Waals surface area contributed by atoms with Crippen LogP contribution in [0.4, 0.5) is 0 Å². The summed E-state index contributed by atoms with van der Waals surface area (Å²) in [5.74, 6) is 1.51. The van der Waals surface area contributed by atoms with Crippen LogP contribution in [-0.4, -0.2) is 105 Å². The first-order valence-electron chi connectivity index (χ1n) is 20.1. The zero-order valence-electron chi connectivity index (χ0n) is 32.4. The van der Waals surface area contributed by atoms with Crippen molar-refractivity contribution in [3.05, 3.63) is 12.2 Å². The van der Waals surface area contributed by atoms with Crippen LogP contribution in [-0.2, 0) is 23.7 Å². The molecule has 0 spiro atoms. The molecule has 7 rings (SSSR count). The summed E-state index contributed by atoms with van der Waals surface area (Å²) in [4.78, 5) is 12.4. The molecule has 0 aromatic rings. The Kier molecular flexibility index (Phi) is 9.94. The number of aliphatic carboxylic acids is 1. The van der Waals surface area contributed by atoms with Crippen molar-refractivity contribution in [2.75, 3.05) is 6.61 Å². The fourth-order valence-electron chi connectivity index (χ4n) is 14.3. The van der Waals surface area contributed by atoms with E-state index in [-0.39, 0.29) is 27.8 Å². The summed E-state index contributed by atoms with van der Waals surface area (Å²) >= 11 is 0. The van der Waals surface area contributed by atoms with Crippen LogP contribution in [0, 0.1) is 56.7 Å². The van der Waals surface area contributed by atoms with E-state index in [1.165, 1.54) is 44.1 Å². The lowest BCUT2D eigenvalue weighted by Crippen LogP contribution is -2.67. The first-order chi connectivity index (χ1) is 24.2. The molecule has 0 radical (unpaired) electrons. The van der Waals surface area contributed by atoms with Crippen molar-refractivity contribution < 1.29 is 54.4 Å². The number of aliphatic hydroxyl groups excluding tert-OH is 5. The highest BCUT2D eigenvalue weighted by atomic mass is 16.7. The highest BCUT2D eigenvalue weighted by molar-refractivity contribution is 5.73. The molecule has 7 fully saturated rings. The Morgan fingerprint density at radius 2 is 1.42 bits per heavy atom. The smallest absolute Gasteiger partial charge is 0.335 e. The van der Waals surface area contributed by atoms with Gasteiger partial charge in [0, 0.05) is 0 Å². The molecule has 0 bridgehead atoms. The third-order valence-electron chi connectivity index (χ3n) is 17.3. The minimum absolute atomic E-state index is 0.0850. The van der Waals surface area contributed by atoms with Crippen molar-refractivity contribution in [1.29, 1.82) is 0 Å². The zero-order chi connectivity index (χ0) is 37.9. The summed E-state index contributed by atoms with van der Waals surface area (Å²) in [6, 6.07) is 0. The summed E-state index contributed by atoms with van der Waals surface area (Å²) in [6.45, 7) is 21.0. The largest absolute Gasteiger partial charge is 0.479 e. The number of aliphatic hydroxyl groups is 5. The van der Waals surface area contributed by atoms with E-state index in [2.05, 4.69) is 55.0 Å². The van der Waals surface area contributed by atoms with Gasteiger partial charge >= 0.3 is 5.97 Å². The van der Waals surface area contributed by atoms with Crippen LogP contribution >= 0.6 is 0 Å². The molecule has 52 heavy (non-hydrogen) atoms. The molecule has 0 aromatic carbocycles. The van der Waals surface area contributed by atoms with Crippen molar-refractivity contribution in [2.45, 2.75) is 174 Å². The summed E-state index contributed by atoms with van der Waals surface area (Å²) in [7, 11) is 0. The highest BCUT2D eigenvalue weighted by Gasteiger charge is 2.70. The molecule has 11 heteroatoms. The second-order valence-electron chi connectivity index (χ2n) is 19.9. The van der Waals surface area contributed by atoms with Crippen molar-refractivity contribution in [3.63, 3.8) is 0 Å². The molecule has 7 aliphatic rings.